The van der Waals surface area contributed by atoms with Crippen molar-refractivity contribution < 1.29 is 22.7 Å². The molecule has 1 saturated heterocycles. The summed E-state index contributed by atoms with van der Waals surface area (Å²) in [6.45, 7) is 1.79. The maximum absolute atomic E-state index is 13.5. The molecule has 4 nitrogen and oxygen atoms in total. The molecule has 1 amide bonds. The molecule has 2 aromatic rings. The number of rotatable bonds is 5. The smallest absolute Gasteiger partial charge is 0.410 e. The number of nitrogens with one attached hydrogen (secondary N) is 2. The van der Waals surface area contributed by atoms with Gasteiger partial charge in [-0.3, -0.25) is 0 Å². The van der Waals surface area contributed by atoms with Crippen LogP contribution in [0.4, 0.5) is 18.0 Å². The molecule has 1 heterocycles. The van der Waals surface area contributed by atoms with E-state index in [0.29, 0.717) is 19.5 Å². The SMILES string of the molecule is O=C(NCC[C@@H]1CNC[C@H]1c1ccc(F)c(F)c1)Oc1ccc(F)cc1. The van der Waals surface area contributed by atoms with Gasteiger partial charge in [-0.05, 0) is 60.8 Å². The van der Waals surface area contributed by atoms with Crippen molar-refractivity contribution in [3.63, 3.8) is 0 Å². The maximum Gasteiger partial charge on any atom is 0.412 e. The lowest BCUT2D eigenvalue weighted by atomic mass is 9.87. The summed E-state index contributed by atoms with van der Waals surface area (Å²) in [7, 11) is 0. The quantitative estimate of drug-likeness (QED) is 0.853. The number of carbonyl (C=O) groups is 1. The third kappa shape index (κ3) is 4.54. The van der Waals surface area contributed by atoms with Crippen LogP contribution in [0.3, 0.4) is 0 Å². The Bertz CT molecular complexity index is 768. The average Bonchev–Trinajstić information content (AvgIpc) is 3.08. The lowest BCUT2D eigenvalue weighted by Crippen LogP contribution is -2.29. The van der Waals surface area contributed by atoms with E-state index >= 15 is 0 Å². The molecule has 0 spiro atoms. The van der Waals surface area contributed by atoms with E-state index < -0.39 is 23.5 Å². The molecule has 1 fully saturated rings. The Balaban J connectivity index is 1.49. The zero-order valence-corrected chi connectivity index (χ0v) is 14.0. The van der Waals surface area contributed by atoms with Crippen LogP contribution in [0, 0.1) is 23.4 Å². The van der Waals surface area contributed by atoms with Crippen LogP contribution in [-0.4, -0.2) is 25.7 Å². The van der Waals surface area contributed by atoms with Crippen molar-refractivity contribution in [2.75, 3.05) is 19.6 Å². The Morgan fingerprint density at radius 1 is 1.08 bits per heavy atom. The molecule has 1 aliphatic rings. The fourth-order valence-corrected chi connectivity index (χ4v) is 3.17. The van der Waals surface area contributed by atoms with Crippen molar-refractivity contribution in [3.8, 4) is 5.75 Å². The Morgan fingerprint density at radius 3 is 2.58 bits per heavy atom. The molecule has 0 unspecified atom stereocenters. The second-order valence-corrected chi connectivity index (χ2v) is 6.26. The van der Waals surface area contributed by atoms with Crippen molar-refractivity contribution in [1.29, 1.82) is 0 Å². The van der Waals surface area contributed by atoms with Gasteiger partial charge in [0, 0.05) is 19.0 Å². The highest BCUT2D eigenvalue weighted by molar-refractivity contribution is 5.70. The third-order valence-electron chi connectivity index (χ3n) is 4.52. The first-order chi connectivity index (χ1) is 12.5. The third-order valence-corrected chi connectivity index (χ3v) is 4.52. The molecule has 3 rings (SSSR count). The second kappa shape index (κ2) is 8.23. The minimum absolute atomic E-state index is 0.0556. The van der Waals surface area contributed by atoms with Crippen LogP contribution in [0.1, 0.15) is 17.9 Å². The predicted molar refractivity (Wildman–Crippen MR) is 90.5 cm³/mol. The van der Waals surface area contributed by atoms with Crippen LogP contribution in [0.2, 0.25) is 0 Å². The Hall–Kier alpha value is -2.54. The summed E-state index contributed by atoms with van der Waals surface area (Å²) in [4.78, 5) is 11.8. The van der Waals surface area contributed by atoms with Crippen LogP contribution >= 0.6 is 0 Å². The Labute approximate surface area is 149 Å². The number of carbonyl (C=O) groups excluding carboxylic acids is 1. The molecule has 26 heavy (non-hydrogen) atoms. The molecule has 2 N–H and O–H groups in total. The van der Waals surface area contributed by atoms with Crippen molar-refractivity contribution in [2.24, 2.45) is 5.92 Å². The van der Waals surface area contributed by atoms with Crippen LogP contribution in [0.5, 0.6) is 5.75 Å². The zero-order valence-electron chi connectivity index (χ0n) is 14.0. The fraction of sp³-hybridized carbons (Fsp3) is 0.316. The Kier molecular flexibility index (Phi) is 5.78. The number of hydrogen-bond donors (Lipinski definition) is 2. The van der Waals surface area contributed by atoms with Gasteiger partial charge in [-0.15, -0.1) is 0 Å². The molecule has 0 aromatic heterocycles. The van der Waals surface area contributed by atoms with Gasteiger partial charge < -0.3 is 15.4 Å². The summed E-state index contributed by atoms with van der Waals surface area (Å²) < 4.78 is 44.4. The first-order valence-corrected chi connectivity index (χ1v) is 8.40. The topological polar surface area (TPSA) is 50.4 Å². The highest BCUT2D eigenvalue weighted by atomic mass is 19.2. The maximum atomic E-state index is 13.5. The number of amides is 1. The molecule has 7 heteroatoms. The molecule has 138 valence electrons. The van der Waals surface area contributed by atoms with Gasteiger partial charge in [0.25, 0.3) is 0 Å². The van der Waals surface area contributed by atoms with E-state index in [1.807, 2.05) is 0 Å². The molecular weight excluding hydrogens is 345 g/mol. The van der Waals surface area contributed by atoms with Gasteiger partial charge in [0.05, 0.1) is 0 Å². The van der Waals surface area contributed by atoms with E-state index in [1.54, 1.807) is 6.07 Å². The summed E-state index contributed by atoms with van der Waals surface area (Å²) in [6, 6.07) is 9.12. The lowest BCUT2D eigenvalue weighted by molar-refractivity contribution is 0.199. The molecule has 0 saturated carbocycles. The van der Waals surface area contributed by atoms with Gasteiger partial charge in [-0.2, -0.15) is 0 Å². The molecule has 0 aliphatic carbocycles. The summed E-state index contributed by atoms with van der Waals surface area (Å²) in [5, 5.41) is 5.89. The van der Waals surface area contributed by atoms with Gasteiger partial charge in [0.15, 0.2) is 11.6 Å². The summed E-state index contributed by atoms with van der Waals surface area (Å²) in [6.07, 6.45) is 0.0433. The lowest BCUT2D eigenvalue weighted by Gasteiger charge is -2.19. The molecule has 2 aromatic carbocycles. The van der Waals surface area contributed by atoms with Crippen molar-refractivity contribution in [2.45, 2.75) is 12.3 Å². The largest absolute Gasteiger partial charge is 0.412 e. The highest BCUT2D eigenvalue weighted by Crippen LogP contribution is 2.31. The normalized spacial score (nSPS) is 19.3. The fourth-order valence-electron chi connectivity index (χ4n) is 3.17. The van der Waals surface area contributed by atoms with Crippen LogP contribution in [0.15, 0.2) is 42.5 Å². The van der Waals surface area contributed by atoms with E-state index in [4.69, 9.17) is 4.74 Å². The summed E-state index contributed by atoms with van der Waals surface area (Å²) >= 11 is 0. The molecule has 2 atom stereocenters. The molecule has 1 aliphatic heterocycles. The van der Waals surface area contributed by atoms with E-state index in [1.165, 1.54) is 30.3 Å². The molecule has 0 radical (unpaired) electrons. The average molecular weight is 364 g/mol. The van der Waals surface area contributed by atoms with Crippen molar-refractivity contribution in [3.05, 3.63) is 65.5 Å². The zero-order chi connectivity index (χ0) is 18.5. The first-order valence-electron chi connectivity index (χ1n) is 8.40. The molecule has 0 bridgehead atoms. The Morgan fingerprint density at radius 2 is 1.85 bits per heavy atom. The highest BCUT2D eigenvalue weighted by Gasteiger charge is 2.28. The monoisotopic (exact) mass is 364 g/mol. The number of hydrogen-bond acceptors (Lipinski definition) is 3. The number of benzene rings is 2. The van der Waals surface area contributed by atoms with Crippen LogP contribution in [0.25, 0.3) is 0 Å². The van der Waals surface area contributed by atoms with E-state index in [9.17, 15) is 18.0 Å². The second-order valence-electron chi connectivity index (χ2n) is 6.26. The van der Waals surface area contributed by atoms with E-state index in [-0.39, 0.29) is 17.6 Å². The number of ether oxygens (including phenoxy) is 1. The van der Waals surface area contributed by atoms with E-state index in [2.05, 4.69) is 10.6 Å². The summed E-state index contributed by atoms with van der Waals surface area (Å²) in [5.74, 6) is -1.62. The van der Waals surface area contributed by atoms with Crippen LogP contribution in [-0.2, 0) is 0 Å². The van der Waals surface area contributed by atoms with Crippen molar-refractivity contribution in [1.82, 2.24) is 10.6 Å². The van der Waals surface area contributed by atoms with Gasteiger partial charge in [-0.1, -0.05) is 6.07 Å². The van der Waals surface area contributed by atoms with Gasteiger partial charge >= 0.3 is 6.09 Å². The minimum atomic E-state index is -0.860. The van der Waals surface area contributed by atoms with Gasteiger partial charge in [0.2, 0.25) is 0 Å². The van der Waals surface area contributed by atoms with Crippen LogP contribution < -0.4 is 15.4 Å². The number of halogens is 3. The minimum Gasteiger partial charge on any atom is -0.410 e. The van der Waals surface area contributed by atoms with Crippen molar-refractivity contribution >= 4 is 6.09 Å². The standard InChI is InChI=1S/C19H19F3N2O2/c20-14-2-4-15(5-3-14)26-19(25)24-8-7-13-10-23-11-16(13)12-1-6-17(21)18(22)9-12/h1-6,9,13,16,23H,7-8,10-11H2,(H,24,25)/t13-,16+/m1/s1. The predicted octanol–water partition coefficient (Wildman–Crippen LogP) is 3.59. The van der Waals surface area contributed by atoms with Gasteiger partial charge in [0.1, 0.15) is 11.6 Å². The van der Waals surface area contributed by atoms with E-state index in [0.717, 1.165) is 18.2 Å². The molecular formula is C19H19F3N2O2. The summed E-state index contributed by atoms with van der Waals surface area (Å²) in [5.41, 5.74) is 0.743. The van der Waals surface area contributed by atoms with Gasteiger partial charge in [-0.25, -0.2) is 18.0 Å². The first kappa shape index (κ1) is 18.3.